The molecule has 254 valence electrons. The number of alkyl halides is 3. The zero-order chi connectivity index (χ0) is 35.1. The van der Waals surface area contributed by atoms with Crippen LogP contribution >= 0.6 is 0 Å². The Hall–Kier alpha value is -5.79. The number of esters is 2. The summed E-state index contributed by atoms with van der Waals surface area (Å²) in [6.45, 7) is 1.66. The summed E-state index contributed by atoms with van der Waals surface area (Å²) in [5.74, 6) is -4.88. The fourth-order valence-corrected chi connectivity index (χ4v) is 5.46. The third-order valence-electron chi connectivity index (χ3n) is 7.70. The van der Waals surface area contributed by atoms with Gasteiger partial charge in [-0.3, -0.25) is 14.4 Å². The van der Waals surface area contributed by atoms with Crippen molar-refractivity contribution in [3.63, 3.8) is 0 Å². The molecule has 4 aromatic rings. The Labute approximate surface area is 279 Å². The molecule has 0 aliphatic carbocycles. The van der Waals surface area contributed by atoms with E-state index in [2.05, 4.69) is 14.7 Å². The zero-order valence-corrected chi connectivity index (χ0v) is 26.4. The first kappa shape index (κ1) is 34.5. The minimum atomic E-state index is -5.40. The van der Waals surface area contributed by atoms with Gasteiger partial charge >= 0.3 is 18.1 Å². The van der Waals surface area contributed by atoms with E-state index < -0.39 is 48.9 Å². The molecule has 0 radical (unpaired) electrons. The molecule has 1 aliphatic heterocycles. The maximum absolute atomic E-state index is 14.4. The normalized spacial score (nSPS) is 13.8. The van der Waals surface area contributed by atoms with Crippen molar-refractivity contribution >= 4 is 35.4 Å². The Morgan fingerprint density at radius 3 is 2.31 bits per heavy atom. The van der Waals surface area contributed by atoms with Gasteiger partial charge < -0.3 is 25.0 Å². The van der Waals surface area contributed by atoms with E-state index in [1.165, 1.54) is 4.90 Å². The maximum Gasteiger partial charge on any atom is 0.491 e. The molecule has 1 unspecified atom stereocenters. The highest BCUT2D eigenvalue weighted by molar-refractivity contribution is 6.10. The van der Waals surface area contributed by atoms with E-state index in [9.17, 15) is 32.3 Å². The average Bonchev–Trinajstić information content (AvgIpc) is 3.16. The predicted octanol–water partition coefficient (Wildman–Crippen LogP) is 5.13. The van der Waals surface area contributed by atoms with Crippen LogP contribution in [-0.2, 0) is 32.1 Å². The third-order valence-corrected chi connectivity index (χ3v) is 7.70. The van der Waals surface area contributed by atoms with Crippen LogP contribution in [0, 0.1) is 6.92 Å². The summed E-state index contributed by atoms with van der Waals surface area (Å²) in [6.07, 6.45) is -5.21. The number of aryl methyl sites for hydroxylation is 2. The second kappa shape index (κ2) is 15.0. The molecule has 1 aliphatic rings. The zero-order valence-electron chi connectivity index (χ0n) is 26.4. The quantitative estimate of drug-likeness (QED) is 0.130. The molecule has 2 heterocycles. The van der Waals surface area contributed by atoms with Gasteiger partial charge in [-0.05, 0) is 48.6 Å². The molecule has 11 nitrogen and oxygen atoms in total. The number of aromatic nitrogens is 2. The Bertz CT molecular complexity index is 1820. The number of rotatable bonds is 11. The van der Waals surface area contributed by atoms with E-state index in [1.807, 2.05) is 30.3 Å². The van der Waals surface area contributed by atoms with Gasteiger partial charge in [0.05, 0.1) is 36.9 Å². The van der Waals surface area contributed by atoms with E-state index in [1.54, 1.807) is 61.5 Å². The monoisotopic (exact) mass is 675 g/mol. The number of fused-ring (bicyclic) bond motifs is 1. The topological polar surface area (TPSA) is 145 Å². The summed E-state index contributed by atoms with van der Waals surface area (Å²) in [6, 6.07) is 22.7. The van der Waals surface area contributed by atoms with Gasteiger partial charge in [0.15, 0.2) is 0 Å². The molecule has 1 atom stereocenters. The Kier molecular flexibility index (Phi) is 10.5. The van der Waals surface area contributed by atoms with E-state index in [0.717, 1.165) is 16.0 Å². The van der Waals surface area contributed by atoms with E-state index >= 15 is 0 Å². The SMILES string of the molecule is Cc1cc(OCCCc2ccc3c(c2)C(=O)N(C(CC(=O)OC(=O)C(F)(F)F)c2ccccc2)CC(=O)N3Cc2ccccc2)nc(N)n1. The number of nitrogen functional groups attached to an aromatic ring is 1. The molecule has 2 N–H and O–H groups in total. The van der Waals surface area contributed by atoms with E-state index in [4.69, 9.17) is 10.5 Å². The molecule has 3 aromatic carbocycles. The second-order valence-corrected chi connectivity index (χ2v) is 11.3. The fourth-order valence-electron chi connectivity index (χ4n) is 5.46. The average molecular weight is 676 g/mol. The van der Waals surface area contributed by atoms with Crippen LogP contribution in [0.3, 0.4) is 0 Å². The minimum absolute atomic E-state index is 0.0902. The van der Waals surface area contributed by atoms with Crippen LogP contribution < -0.4 is 15.4 Å². The summed E-state index contributed by atoms with van der Waals surface area (Å²) >= 11 is 0. The van der Waals surface area contributed by atoms with Crippen molar-refractivity contribution in [2.24, 2.45) is 0 Å². The number of hydrogen-bond donors (Lipinski definition) is 1. The Balaban J connectivity index is 1.46. The number of amides is 2. The van der Waals surface area contributed by atoms with Gasteiger partial charge in [0.25, 0.3) is 5.91 Å². The highest BCUT2D eigenvalue weighted by atomic mass is 19.4. The second-order valence-electron chi connectivity index (χ2n) is 11.3. The van der Waals surface area contributed by atoms with E-state index in [-0.39, 0.29) is 24.7 Å². The lowest BCUT2D eigenvalue weighted by Crippen LogP contribution is -2.42. The van der Waals surface area contributed by atoms with Crippen molar-refractivity contribution in [3.05, 3.63) is 113 Å². The van der Waals surface area contributed by atoms with Crippen LogP contribution in [0.4, 0.5) is 24.8 Å². The first-order valence-electron chi connectivity index (χ1n) is 15.3. The van der Waals surface area contributed by atoms with Gasteiger partial charge in [-0.15, -0.1) is 0 Å². The number of benzene rings is 3. The Morgan fingerprint density at radius 2 is 1.63 bits per heavy atom. The molecule has 2 amide bonds. The molecule has 0 bridgehead atoms. The van der Waals surface area contributed by atoms with Gasteiger partial charge in [-0.1, -0.05) is 66.7 Å². The fraction of sp³-hybridized carbons (Fsp3) is 0.257. The number of carbonyl (C=O) groups is 4. The molecule has 0 spiro atoms. The highest BCUT2D eigenvalue weighted by Gasteiger charge is 2.43. The number of hydrogen-bond acceptors (Lipinski definition) is 9. The molecule has 49 heavy (non-hydrogen) atoms. The number of halogens is 3. The first-order valence-corrected chi connectivity index (χ1v) is 15.3. The molecular formula is C35H32F3N5O6. The standard InChI is InChI=1S/C35H32F3N5O6/c1-22-17-29(41-34(39)40-22)48-16-8-11-23-14-15-27-26(18-23)32(46)43(21-30(44)42(27)20-24-9-4-2-5-10-24)28(25-12-6-3-7-13-25)19-31(45)49-33(47)35(36,37)38/h2-7,9-10,12-15,17-18,28H,8,11,16,19-21H2,1H3,(H2,39,40,41). The molecule has 5 rings (SSSR count). The van der Waals surface area contributed by atoms with Gasteiger partial charge in [0.2, 0.25) is 17.7 Å². The minimum Gasteiger partial charge on any atom is -0.478 e. The van der Waals surface area contributed by atoms with Crippen LogP contribution in [0.15, 0.2) is 84.9 Å². The van der Waals surface area contributed by atoms with Crippen molar-refractivity contribution in [1.82, 2.24) is 14.9 Å². The summed E-state index contributed by atoms with van der Waals surface area (Å²) in [5, 5.41) is 0. The summed E-state index contributed by atoms with van der Waals surface area (Å²) < 4.78 is 48.5. The summed E-state index contributed by atoms with van der Waals surface area (Å²) in [5.41, 5.74) is 8.72. The molecule has 0 saturated heterocycles. The molecule has 0 saturated carbocycles. The lowest BCUT2D eigenvalue weighted by molar-refractivity contribution is -0.202. The maximum atomic E-state index is 14.4. The molecule has 0 fully saturated rings. The van der Waals surface area contributed by atoms with Crippen LogP contribution in [0.25, 0.3) is 0 Å². The van der Waals surface area contributed by atoms with Crippen molar-refractivity contribution in [3.8, 4) is 5.88 Å². The van der Waals surface area contributed by atoms with Gasteiger partial charge in [-0.25, -0.2) is 9.78 Å². The van der Waals surface area contributed by atoms with Gasteiger partial charge in [-0.2, -0.15) is 18.2 Å². The summed E-state index contributed by atoms with van der Waals surface area (Å²) in [4.78, 5) is 63.1. The highest BCUT2D eigenvalue weighted by Crippen LogP contribution is 2.34. The van der Waals surface area contributed by atoms with Crippen LogP contribution in [0.5, 0.6) is 5.88 Å². The Morgan fingerprint density at radius 1 is 0.939 bits per heavy atom. The smallest absolute Gasteiger partial charge is 0.478 e. The number of carbonyl (C=O) groups excluding carboxylic acids is 4. The lowest BCUT2D eigenvalue weighted by Gasteiger charge is -2.30. The number of nitrogens with zero attached hydrogens (tertiary/aromatic N) is 4. The third kappa shape index (κ3) is 8.77. The van der Waals surface area contributed by atoms with Crippen molar-refractivity contribution < 1.29 is 41.8 Å². The number of ether oxygens (including phenoxy) is 2. The van der Waals surface area contributed by atoms with Crippen LogP contribution in [-0.4, -0.2) is 57.9 Å². The number of anilines is 2. The summed E-state index contributed by atoms with van der Waals surface area (Å²) in [7, 11) is 0. The largest absolute Gasteiger partial charge is 0.491 e. The van der Waals surface area contributed by atoms with Crippen molar-refractivity contribution in [2.45, 2.75) is 44.9 Å². The molecule has 1 aromatic heterocycles. The van der Waals surface area contributed by atoms with Gasteiger partial charge in [0.1, 0.15) is 6.54 Å². The molecule has 14 heteroatoms. The van der Waals surface area contributed by atoms with Crippen molar-refractivity contribution in [2.75, 3.05) is 23.8 Å². The van der Waals surface area contributed by atoms with Gasteiger partial charge in [0, 0.05) is 11.8 Å². The predicted molar refractivity (Wildman–Crippen MR) is 171 cm³/mol. The van der Waals surface area contributed by atoms with E-state index in [0.29, 0.717) is 35.7 Å². The molecular weight excluding hydrogens is 643 g/mol. The van der Waals surface area contributed by atoms with Crippen molar-refractivity contribution in [1.29, 1.82) is 0 Å². The number of nitrogens with two attached hydrogens (primary N) is 1. The lowest BCUT2D eigenvalue weighted by atomic mass is 9.99. The van der Waals surface area contributed by atoms with Crippen LogP contribution in [0.2, 0.25) is 0 Å². The first-order chi connectivity index (χ1) is 23.4. The van der Waals surface area contributed by atoms with Crippen LogP contribution in [0.1, 0.15) is 51.6 Å².